The molecule has 0 atom stereocenters. The zero-order valence-electron chi connectivity index (χ0n) is 13.4. The average molecular weight is 338 g/mol. The molecule has 122 valence electrons. The van der Waals surface area contributed by atoms with Crippen molar-refractivity contribution in [1.29, 1.82) is 0 Å². The van der Waals surface area contributed by atoms with Crippen LogP contribution in [0.25, 0.3) is 0 Å². The molecule has 0 aromatic heterocycles. The van der Waals surface area contributed by atoms with Crippen molar-refractivity contribution in [2.24, 2.45) is 0 Å². The first-order valence-corrected chi connectivity index (χ1v) is 8.42. The summed E-state index contributed by atoms with van der Waals surface area (Å²) in [6.07, 6.45) is 0.906. The van der Waals surface area contributed by atoms with Gasteiger partial charge in [0.15, 0.2) is 0 Å². The summed E-state index contributed by atoms with van der Waals surface area (Å²) in [5.74, 6) is 0.882. The van der Waals surface area contributed by atoms with Crippen LogP contribution in [0.4, 0.5) is 5.69 Å². The summed E-state index contributed by atoms with van der Waals surface area (Å²) < 4.78 is 5.86. The van der Waals surface area contributed by atoms with Gasteiger partial charge in [-0.25, -0.2) is 0 Å². The fourth-order valence-corrected chi connectivity index (χ4v) is 2.56. The first kappa shape index (κ1) is 16.4. The molecule has 0 spiro atoms. The highest BCUT2D eigenvalue weighted by Crippen LogP contribution is 2.19. The van der Waals surface area contributed by atoms with E-state index in [1.807, 2.05) is 54.6 Å². The molecule has 24 heavy (non-hydrogen) atoms. The van der Waals surface area contributed by atoms with Crippen LogP contribution in [-0.2, 0) is 13.0 Å². The molecule has 0 saturated carbocycles. The summed E-state index contributed by atoms with van der Waals surface area (Å²) in [5.41, 5.74) is 3.52. The molecular formula is C21H20ClNO. The van der Waals surface area contributed by atoms with Gasteiger partial charge in [0.1, 0.15) is 5.75 Å². The fraction of sp³-hybridized carbons (Fsp3) is 0.143. The molecule has 0 unspecified atom stereocenters. The molecule has 0 aliphatic rings. The van der Waals surface area contributed by atoms with Gasteiger partial charge in [-0.05, 0) is 35.4 Å². The lowest BCUT2D eigenvalue weighted by molar-refractivity contribution is 0.322. The van der Waals surface area contributed by atoms with Crippen LogP contribution in [0.15, 0.2) is 78.9 Å². The Balaban J connectivity index is 1.51. The topological polar surface area (TPSA) is 21.3 Å². The minimum atomic E-state index is 0.671. The minimum absolute atomic E-state index is 0.671. The van der Waals surface area contributed by atoms with E-state index in [0.717, 1.165) is 29.4 Å². The molecule has 2 nitrogen and oxygen atoms in total. The summed E-state index contributed by atoms with van der Waals surface area (Å²) >= 11 is 5.91. The largest absolute Gasteiger partial charge is 0.493 e. The molecule has 0 saturated heterocycles. The normalized spacial score (nSPS) is 10.4. The van der Waals surface area contributed by atoms with Crippen molar-refractivity contribution in [2.75, 3.05) is 11.9 Å². The predicted octanol–water partition coefficient (Wildman–Crippen LogP) is 5.57. The zero-order valence-corrected chi connectivity index (χ0v) is 14.2. The molecule has 1 N–H and O–H groups in total. The van der Waals surface area contributed by atoms with Crippen molar-refractivity contribution in [3.05, 3.63) is 95.0 Å². The molecule has 0 heterocycles. The molecule has 3 aromatic rings. The highest BCUT2D eigenvalue weighted by molar-refractivity contribution is 6.30. The van der Waals surface area contributed by atoms with Gasteiger partial charge in [0.2, 0.25) is 0 Å². The van der Waals surface area contributed by atoms with Crippen LogP contribution in [0.1, 0.15) is 11.1 Å². The van der Waals surface area contributed by atoms with E-state index in [4.69, 9.17) is 16.3 Å². The van der Waals surface area contributed by atoms with Crippen molar-refractivity contribution in [2.45, 2.75) is 13.0 Å². The molecule has 3 heteroatoms. The van der Waals surface area contributed by atoms with E-state index < -0.39 is 0 Å². The Hall–Kier alpha value is -2.45. The molecule has 0 fully saturated rings. The minimum Gasteiger partial charge on any atom is -0.493 e. The number of nitrogens with one attached hydrogen (secondary N) is 1. The summed E-state index contributed by atoms with van der Waals surface area (Å²) in [6.45, 7) is 1.43. The second-order valence-corrected chi connectivity index (χ2v) is 6.03. The maximum absolute atomic E-state index is 5.91. The van der Waals surface area contributed by atoms with Crippen molar-refractivity contribution in [3.63, 3.8) is 0 Å². The Morgan fingerprint density at radius 3 is 2.38 bits per heavy atom. The highest BCUT2D eigenvalue weighted by atomic mass is 35.5. The van der Waals surface area contributed by atoms with Crippen molar-refractivity contribution in [1.82, 2.24) is 0 Å². The van der Waals surface area contributed by atoms with E-state index in [1.54, 1.807) is 0 Å². The number of hydrogen-bond donors (Lipinski definition) is 1. The van der Waals surface area contributed by atoms with Crippen LogP contribution in [0.2, 0.25) is 5.02 Å². The molecule has 0 aliphatic heterocycles. The van der Waals surface area contributed by atoms with Crippen molar-refractivity contribution in [3.8, 4) is 5.75 Å². The van der Waals surface area contributed by atoms with Gasteiger partial charge in [0, 0.05) is 29.7 Å². The Morgan fingerprint density at radius 2 is 1.58 bits per heavy atom. The third kappa shape index (κ3) is 5.04. The molecule has 0 radical (unpaired) electrons. The lowest BCUT2D eigenvalue weighted by atomic mass is 10.2. The molecule has 0 amide bonds. The first-order chi connectivity index (χ1) is 11.8. The maximum atomic E-state index is 5.91. The van der Waals surface area contributed by atoms with E-state index in [-0.39, 0.29) is 0 Å². The lowest BCUT2D eigenvalue weighted by Gasteiger charge is -2.10. The van der Waals surface area contributed by atoms with E-state index in [0.29, 0.717) is 6.61 Å². The summed E-state index contributed by atoms with van der Waals surface area (Å²) in [6, 6.07) is 26.3. The Labute approximate surface area is 148 Å². The third-order valence-electron chi connectivity index (χ3n) is 3.75. The number of benzene rings is 3. The van der Waals surface area contributed by atoms with E-state index >= 15 is 0 Å². The third-order valence-corrected chi connectivity index (χ3v) is 4.00. The van der Waals surface area contributed by atoms with Gasteiger partial charge in [0.25, 0.3) is 0 Å². The van der Waals surface area contributed by atoms with Gasteiger partial charge in [-0.15, -0.1) is 0 Å². The van der Waals surface area contributed by atoms with Crippen LogP contribution in [0, 0.1) is 0 Å². The van der Waals surface area contributed by atoms with Crippen molar-refractivity contribution < 1.29 is 4.74 Å². The van der Waals surface area contributed by atoms with Gasteiger partial charge in [-0.3, -0.25) is 0 Å². The highest BCUT2D eigenvalue weighted by Gasteiger charge is 1.99. The average Bonchev–Trinajstić information content (AvgIpc) is 2.63. The van der Waals surface area contributed by atoms with Crippen LogP contribution in [0.3, 0.4) is 0 Å². The fourth-order valence-electron chi connectivity index (χ4n) is 2.43. The Morgan fingerprint density at radius 1 is 0.792 bits per heavy atom. The second-order valence-electron chi connectivity index (χ2n) is 5.59. The lowest BCUT2D eigenvalue weighted by Crippen LogP contribution is -2.02. The molecule has 3 rings (SSSR count). The molecular weight excluding hydrogens is 318 g/mol. The standard InChI is InChI=1S/C21H20ClNO/c22-19-11-9-18(10-12-19)16-23-20-7-4-8-21(15-20)24-14-13-17-5-2-1-3-6-17/h1-12,15,23H,13-14,16H2. The Bertz CT molecular complexity index is 756. The molecule has 0 bridgehead atoms. The van der Waals surface area contributed by atoms with Gasteiger partial charge in [-0.1, -0.05) is 60.1 Å². The van der Waals surface area contributed by atoms with Crippen LogP contribution in [-0.4, -0.2) is 6.61 Å². The number of halogens is 1. The van der Waals surface area contributed by atoms with Gasteiger partial charge >= 0.3 is 0 Å². The van der Waals surface area contributed by atoms with E-state index in [1.165, 1.54) is 11.1 Å². The van der Waals surface area contributed by atoms with Gasteiger partial charge < -0.3 is 10.1 Å². The summed E-state index contributed by atoms with van der Waals surface area (Å²) in [7, 11) is 0. The second kappa shape index (κ2) is 8.42. The number of anilines is 1. The van der Waals surface area contributed by atoms with Gasteiger partial charge in [0.05, 0.1) is 6.61 Å². The predicted molar refractivity (Wildman–Crippen MR) is 101 cm³/mol. The van der Waals surface area contributed by atoms with Crippen molar-refractivity contribution >= 4 is 17.3 Å². The van der Waals surface area contributed by atoms with E-state index in [9.17, 15) is 0 Å². The van der Waals surface area contributed by atoms with Gasteiger partial charge in [-0.2, -0.15) is 0 Å². The molecule has 0 aliphatic carbocycles. The SMILES string of the molecule is Clc1ccc(CNc2cccc(OCCc3ccccc3)c2)cc1. The molecule has 3 aromatic carbocycles. The van der Waals surface area contributed by atoms with Crippen LogP contribution in [0.5, 0.6) is 5.75 Å². The summed E-state index contributed by atoms with van der Waals surface area (Å²) in [5, 5.41) is 4.16. The van der Waals surface area contributed by atoms with Crippen LogP contribution < -0.4 is 10.1 Å². The van der Waals surface area contributed by atoms with Crippen LogP contribution >= 0.6 is 11.6 Å². The number of hydrogen-bond acceptors (Lipinski definition) is 2. The smallest absolute Gasteiger partial charge is 0.121 e. The monoisotopic (exact) mass is 337 g/mol. The number of ether oxygens (including phenoxy) is 1. The number of rotatable bonds is 7. The quantitative estimate of drug-likeness (QED) is 0.608. The zero-order chi connectivity index (χ0) is 16.6. The van der Waals surface area contributed by atoms with E-state index in [2.05, 4.69) is 29.6 Å². The Kier molecular flexibility index (Phi) is 5.75. The first-order valence-electron chi connectivity index (χ1n) is 8.05. The maximum Gasteiger partial charge on any atom is 0.121 e. The summed E-state index contributed by atoms with van der Waals surface area (Å²) in [4.78, 5) is 0.